The molecule has 0 radical (unpaired) electrons. The molecule has 1 amide bonds. The van der Waals surface area contributed by atoms with Crippen molar-refractivity contribution < 1.29 is 9.53 Å². The first kappa shape index (κ1) is 15.6. The molecule has 0 saturated carbocycles. The summed E-state index contributed by atoms with van der Waals surface area (Å²) in [5.41, 5.74) is 4.91. The first-order valence-electron chi connectivity index (χ1n) is 7.48. The third kappa shape index (κ3) is 3.52. The summed E-state index contributed by atoms with van der Waals surface area (Å²) in [6, 6.07) is 18.9. The Balaban J connectivity index is 1.67. The molecule has 24 heavy (non-hydrogen) atoms. The standard InChI is InChI=1S/C19H17N3O2/c1-24-18-10-6-5-9-17(18)19(23)21-20-13-15-11-12-22(14-15)16-7-3-2-4-8-16/h2-14H,1H3,(H,21,23)/b20-13-. The summed E-state index contributed by atoms with van der Waals surface area (Å²) < 4.78 is 7.16. The van der Waals surface area contributed by atoms with E-state index in [0.29, 0.717) is 11.3 Å². The molecule has 1 N–H and O–H groups in total. The van der Waals surface area contributed by atoms with Gasteiger partial charge in [0.1, 0.15) is 5.75 Å². The first-order chi connectivity index (χ1) is 11.8. The van der Waals surface area contributed by atoms with E-state index in [1.54, 1.807) is 24.4 Å². The number of amides is 1. The lowest BCUT2D eigenvalue weighted by Crippen LogP contribution is -2.18. The highest BCUT2D eigenvalue weighted by molar-refractivity contribution is 5.97. The number of benzene rings is 2. The van der Waals surface area contributed by atoms with Crippen molar-refractivity contribution in [2.75, 3.05) is 7.11 Å². The van der Waals surface area contributed by atoms with Gasteiger partial charge in [-0.1, -0.05) is 30.3 Å². The molecule has 0 aliphatic heterocycles. The van der Waals surface area contributed by atoms with E-state index in [-0.39, 0.29) is 5.91 Å². The Morgan fingerprint density at radius 2 is 1.83 bits per heavy atom. The van der Waals surface area contributed by atoms with Crippen LogP contribution in [0.15, 0.2) is 78.2 Å². The van der Waals surface area contributed by atoms with Crippen molar-refractivity contribution in [2.24, 2.45) is 5.10 Å². The first-order valence-corrected chi connectivity index (χ1v) is 7.48. The second-order valence-corrected chi connectivity index (χ2v) is 5.09. The number of hydrogen-bond donors (Lipinski definition) is 1. The Kier molecular flexibility index (Phi) is 4.72. The topological polar surface area (TPSA) is 55.6 Å². The highest BCUT2D eigenvalue weighted by Gasteiger charge is 2.09. The van der Waals surface area contributed by atoms with Gasteiger partial charge in [-0.05, 0) is 30.3 Å². The monoisotopic (exact) mass is 319 g/mol. The van der Waals surface area contributed by atoms with Crippen molar-refractivity contribution in [3.63, 3.8) is 0 Å². The maximum Gasteiger partial charge on any atom is 0.275 e. The summed E-state index contributed by atoms with van der Waals surface area (Å²) >= 11 is 0. The number of hydrogen-bond acceptors (Lipinski definition) is 3. The van der Waals surface area contributed by atoms with Crippen molar-refractivity contribution in [1.82, 2.24) is 9.99 Å². The van der Waals surface area contributed by atoms with Gasteiger partial charge in [0, 0.05) is 23.6 Å². The van der Waals surface area contributed by atoms with Crippen LogP contribution in [-0.2, 0) is 0 Å². The van der Waals surface area contributed by atoms with Crippen LogP contribution in [0.4, 0.5) is 0 Å². The zero-order valence-corrected chi connectivity index (χ0v) is 13.2. The van der Waals surface area contributed by atoms with Crippen LogP contribution < -0.4 is 10.2 Å². The smallest absolute Gasteiger partial charge is 0.275 e. The summed E-state index contributed by atoms with van der Waals surface area (Å²) in [5, 5.41) is 4.01. The van der Waals surface area contributed by atoms with E-state index in [9.17, 15) is 4.79 Å². The van der Waals surface area contributed by atoms with Crippen LogP contribution in [-0.4, -0.2) is 23.8 Å². The van der Waals surface area contributed by atoms with Gasteiger partial charge in [0.2, 0.25) is 0 Å². The number of hydrazone groups is 1. The largest absolute Gasteiger partial charge is 0.496 e. The van der Waals surface area contributed by atoms with Gasteiger partial charge < -0.3 is 9.30 Å². The molecule has 0 spiro atoms. The Hall–Kier alpha value is -3.34. The van der Waals surface area contributed by atoms with Crippen molar-refractivity contribution in [3.05, 3.63) is 84.2 Å². The number of ether oxygens (including phenoxy) is 1. The van der Waals surface area contributed by atoms with E-state index in [2.05, 4.69) is 10.5 Å². The molecule has 1 heterocycles. The van der Waals surface area contributed by atoms with Gasteiger partial charge in [-0.2, -0.15) is 5.10 Å². The number of carbonyl (C=O) groups is 1. The molecule has 0 fully saturated rings. The molecule has 0 saturated heterocycles. The molecule has 1 aromatic heterocycles. The predicted molar refractivity (Wildman–Crippen MR) is 93.8 cm³/mol. The number of para-hydroxylation sites is 2. The van der Waals surface area contributed by atoms with Crippen LogP contribution in [0, 0.1) is 0 Å². The number of nitrogens with one attached hydrogen (secondary N) is 1. The van der Waals surface area contributed by atoms with E-state index >= 15 is 0 Å². The molecule has 0 atom stereocenters. The maximum absolute atomic E-state index is 12.1. The van der Waals surface area contributed by atoms with E-state index in [1.165, 1.54) is 7.11 Å². The number of methoxy groups -OCH3 is 1. The van der Waals surface area contributed by atoms with Crippen LogP contribution in [0.2, 0.25) is 0 Å². The van der Waals surface area contributed by atoms with Crippen LogP contribution in [0.25, 0.3) is 5.69 Å². The van der Waals surface area contributed by atoms with Crippen LogP contribution >= 0.6 is 0 Å². The van der Waals surface area contributed by atoms with E-state index in [4.69, 9.17) is 4.74 Å². The van der Waals surface area contributed by atoms with Gasteiger partial charge in [0.05, 0.1) is 18.9 Å². The van der Waals surface area contributed by atoms with Gasteiger partial charge >= 0.3 is 0 Å². The average Bonchev–Trinajstić information content (AvgIpc) is 3.11. The van der Waals surface area contributed by atoms with E-state index in [0.717, 1.165) is 11.3 Å². The molecule has 5 heteroatoms. The number of rotatable bonds is 5. The minimum absolute atomic E-state index is 0.314. The fraction of sp³-hybridized carbons (Fsp3) is 0.0526. The van der Waals surface area contributed by atoms with Crippen molar-refractivity contribution >= 4 is 12.1 Å². The lowest BCUT2D eigenvalue weighted by atomic mass is 10.2. The lowest BCUT2D eigenvalue weighted by molar-refractivity contribution is 0.0952. The number of nitrogens with zero attached hydrogens (tertiary/aromatic N) is 2. The molecular weight excluding hydrogens is 302 g/mol. The van der Waals surface area contributed by atoms with Gasteiger partial charge in [0.25, 0.3) is 5.91 Å². The zero-order valence-electron chi connectivity index (χ0n) is 13.2. The normalized spacial score (nSPS) is 10.7. The summed E-state index contributed by atoms with van der Waals surface area (Å²) in [6.07, 6.45) is 5.49. The summed E-state index contributed by atoms with van der Waals surface area (Å²) in [7, 11) is 1.53. The number of aromatic nitrogens is 1. The quantitative estimate of drug-likeness (QED) is 0.580. The molecule has 3 rings (SSSR count). The second-order valence-electron chi connectivity index (χ2n) is 5.09. The second kappa shape index (κ2) is 7.28. The molecule has 0 bridgehead atoms. The van der Waals surface area contributed by atoms with Gasteiger partial charge in [-0.15, -0.1) is 0 Å². The fourth-order valence-electron chi connectivity index (χ4n) is 2.31. The zero-order chi connectivity index (χ0) is 16.8. The molecule has 0 aliphatic rings. The summed E-state index contributed by atoms with van der Waals surface area (Å²) in [4.78, 5) is 12.1. The van der Waals surface area contributed by atoms with Gasteiger partial charge in [-0.25, -0.2) is 5.43 Å². The third-order valence-corrected chi connectivity index (χ3v) is 3.50. The summed E-state index contributed by atoms with van der Waals surface area (Å²) in [6.45, 7) is 0. The van der Waals surface area contributed by atoms with Gasteiger partial charge in [0.15, 0.2) is 0 Å². The SMILES string of the molecule is COc1ccccc1C(=O)N/N=C\c1ccn(-c2ccccc2)c1. The highest BCUT2D eigenvalue weighted by Crippen LogP contribution is 2.16. The predicted octanol–water partition coefficient (Wildman–Crippen LogP) is 3.25. The Morgan fingerprint density at radius 1 is 1.08 bits per heavy atom. The minimum atomic E-state index is -0.314. The minimum Gasteiger partial charge on any atom is -0.496 e. The fourth-order valence-corrected chi connectivity index (χ4v) is 2.31. The van der Waals surface area contributed by atoms with Crippen LogP contribution in [0.1, 0.15) is 15.9 Å². The van der Waals surface area contributed by atoms with Gasteiger partial charge in [-0.3, -0.25) is 4.79 Å². The molecule has 2 aromatic carbocycles. The molecule has 3 aromatic rings. The Bertz CT molecular complexity index is 854. The molecule has 5 nitrogen and oxygen atoms in total. The average molecular weight is 319 g/mol. The number of carbonyl (C=O) groups excluding carboxylic acids is 1. The summed E-state index contributed by atoms with van der Waals surface area (Å²) in [5.74, 6) is 0.201. The van der Waals surface area contributed by atoms with Crippen LogP contribution in [0.5, 0.6) is 5.75 Å². The maximum atomic E-state index is 12.1. The Morgan fingerprint density at radius 3 is 2.62 bits per heavy atom. The molecule has 120 valence electrons. The van der Waals surface area contributed by atoms with Crippen molar-refractivity contribution in [3.8, 4) is 11.4 Å². The molecular formula is C19H17N3O2. The molecule has 0 aliphatic carbocycles. The molecule has 0 unspecified atom stereocenters. The highest BCUT2D eigenvalue weighted by atomic mass is 16.5. The van der Waals surface area contributed by atoms with Crippen molar-refractivity contribution in [2.45, 2.75) is 0 Å². The van der Waals surface area contributed by atoms with E-state index in [1.807, 2.05) is 59.4 Å². The third-order valence-electron chi connectivity index (χ3n) is 3.50. The van der Waals surface area contributed by atoms with Crippen molar-refractivity contribution in [1.29, 1.82) is 0 Å². The van der Waals surface area contributed by atoms with E-state index < -0.39 is 0 Å². The lowest BCUT2D eigenvalue weighted by Gasteiger charge is -2.05. The Labute approximate surface area is 140 Å². The van der Waals surface area contributed by atoms with Crippen LogP contribution in [0.3, 0.4) is 0 Å².